The zero-order chi connectivity index (χ0) is 24.0. The van der Waals surface area contributed by atoms with Gasteiger partial charge in [0.25, 0.3) is 5.91 Å². The summed E-state index contributed by atoms with van der Waals surface area (Å²) in [7, 11) is -3.61. The van der Waals surface area contributed by atoms with Crippen molar-refractivity contribution in [1.82, 2.24) is 9.62 Å². The molecule has 178 valence electrons. The number of amides is 1. The van der Waals surface area contributed by atoms with Crippen LogP contribution >= 0.6 is 0 Å². The molecule has 1 aliphatic rings. The zero-order valence-electron chi connectivity index (χ0n) is 19.4. The van der Waals surface area contributed by atoms with E-state index in [4.69, 9.17) is 4.74 Å². The van der Waals surface area contributed by atoms with E-state index in [1.165, 1.54) is 4.31 Å². The molecule has 0 saturated carbocycles. The number of esters is 1. The lowest BCUT2D eigenvalue weighted by Gasteiger charge is -2.30. The molecule has 1 N–H and O–H groups in total. The molecule has 1 atom stereocenters. The Morgan fingerprint density at radius 3 is 2.18 bits per heavy atom. The van der Waals surface area contributed by atoms with Crippen molar-refractivity contribution in [3.05, 3.63) is 65.7 Å². The normalized spacial score (nSPS) is 16.4. The Morgan fingerprint density at radius 2 is 1.61 bits per heavy atom. The molecular weight excluding hydrogens is 440 g/mol. The molecule has 1 unspecified atom stereocenters. The van der Waals surface area contributed by atoms with Crippen molar-refractivity contribution in [3.63, 3.8) is 0 Å². The van der Waals surface area contributed by atoms with Crippen LogP contribution < -0.4 is 5.32 Å². The first-order valence-electron chi connectivity index (χ1n) is 11.3. The van der Waals surface area contributed by atoms with Gasteiger partial charge in [-0.2, -0.15) is 4.31 Å². The maximum atomic E-state index is 13.0. The number of rotatable bonds is 8. The average Bonchev–Trinajstić information content (AvgIpc) is 2.83. The second-order valence-corrected chi connectivity index (χ2v) is 10.6. The van der Waals surface area contributed by atoms with E-state index in [0.29, 0.717) is 25.3 Å². The van der Waals surface area contributed by atoms with Gasteiger partial charge in [0.2, 0.25) is 10.0 Å². The first kappa shape index (κ1) is 24.9. The van der Waals surface area contributed by atoms with Crippen LogP contribution in [0.2, 0.25) is 0 Å². The van der Waals surface area contributed by atoms with Crippen LogP contribution in [0.15, 0.2) is 59.5 Å². The molecule has 0 radical (unpaired) electrons. The third-order valence-corrected chi connectivity index (χ3v) is 7.86. The van der Waals surface area contributed by atoms with Gasteiger partial charge >= 0.3 is 5.97 Å². The molecule has 0 bridgehead atoms. The third-order valence-electron chi connectivity index (χ3n) is 5.94. The molecule has 7 nitrogen and oxygen atoms in total. The molecule has 2 aromatic carbocycles. The van der Waals surface area contributed by atoms with Crippen LogP contribution in [-0.4, -0.2) is 43.8 Å². The van der Waals surface area contributed by atoms with Crippen LogP contribution in [0.4, 0.5) is 0 Å². The zero-order valence-corrected chi connectivity index (χ0v) is 20.2. The predicted octanol–water partition coefficient (Wildman–Crippen LogP) is 3.46. The van der Waals surface area contributed by atoms with Crippen molar-refractivity contribution in [3.8, 4) is 0 Å². The number of sulfonamides is 1. The minimum Gasteiger partial charge on any atom is -0.452 e. The molecule has 3 rings (SSSR count). The number of piperidine rings is 1. The second-order valence-electron chi connectivity index (χ2n) is 8.68. The number of hydrogen-bond donors (Lipinski definition) is 1. The fourth-order valence-corrected chi connectivity index (χ4v) is 5.23. The molecule has 0 spiro atoms. The first-order chi connectivity index (χ1) is 15.7. The van der Waals surface area contributed by atoms with E-state index < -0.39 is 28.0 Å². The number of nitrogens with zero attached hydrogens (tertiary/aromatic N) is 1. The van der Waals surface area contributed by atoms with E-state index in [-0.39, 0.29) is 23.9 Å². The molecule has 33 heavy (non-hydrogen) atoms. The standard InChI is InChI=1S/C25H32N2O5S/c1-18(2)21-9-11-23(12-10-21)33(30,31)27-15-13-22(14-16-27)25(29)32-19(3)24(28)26-17-20-7-5-4-6-8-20/h4-12,18-19,22H,13-17H2,1-3H3,(H,26,28). The Hall–Kier alpha value is -2.71. The number of carbonyl (C=O) groups is 2. The van der Waals surface area contributed by atoms with E-state index >= 15 is 0 Å². The van der Waals surface area contributed by atoms with Crippen molar-refractivity contribution < 1.29 is 22.7 Å². The summed E-state index contributed by atoms with van der Waals surface area (Å²) in [6, 6.07) is 16.4. The quantitative estimate of drug-likeness (QED) is 0.594. The van der Waals surface area contributed by atoms with Gasteiger partial charge in [0.05, 0.1) is 10.8 Å². The smallest absolute Gasteiger partial charge is 0.309 e. The van der Waals surface area contributed by atoms with E-state index in [9.17, 15) is 18.0 Å². The molecule has 0 aliphatic carbocycles. The second kappa shape index (κ2) is 10.9. The van der Waals surface area contributed by atoms with Crippen LogP contribution in [0.1, 0.15) is 50.7 Å². The molecular formula is C25H32N2O5S. The van der Waals surface area contributed by atoms with Gasteiger partial charge in [-0.25, -0.2) is 8.42 Å². The van der Waals surface area contributed by atoms with Gasteiger partial charge in [-0.3, -0.25) is 9.59 Å². The molecule has 1 heterocycles. The van der Waals surface area contributed by atoms with Gasteiger partial charge in [0.1, 0.15) is 0 Å². The van der Waals surface area contributed by atoms with Crippen LogP contribution in [0.3, 0.4) is 0 Å². The van der Waals surface area contributed by atoms with Crippen molar-refractivity contribution >= 4 is 21.9 Å². The topological polar surface area (TPSA) is 92.8 Å². The molecule has 1 fully saturated rings. The Morgan fingerprint density at radius 1 is 1.00 bits per heavy atom. The van der Waals surface area contributed by atoms with Gasteiger partial charge < -0.3 is 10.1 Å². The van der Waals surface area contributed by atoms with Gasteiger partial charge in [-0.15, -0.1) is 0 Å². The highest BCUT2D eigenvalue weighted by atomic mass is 32.2. The monoisotopic (exact) mass is 472 g/mol. The van der Waals surface area contributed by atoms with Gasteiger partial charge in [0, 0.05) is 19.6 Å². The fraction of sp³-hybridized carbons (Fsp3) is 0.440. The summed E-state index contributed by atoms with van der Waals surface area (Å²) < 4.78 is 32.7. The first-order valence-corrected chi connectivity index (χ1v) is 12.7. The minimum absolute atomic E-state index is 0.239. The summed E-state index contributed by atoms with van der Waals surface area (Å²) in [5.74, 6) is -0.928. The maximum absolute atomic E-state index is 13.0. The van der Waals surface area contributed by atoms with E-state index in [1.807, 2.05) is 42.5 Å². The van der Waals surface area contributed by atoms with E-state index in [0.717, 1.165) is 11.1 Å². The lowest BCUT2D eigenvalue weighted by Crippen LogP contribution is -2.42. The Labute approximate surface area is 196 Å². The largest absolute Gasteiger partial charge is 0.452 e. The summed E-state index contributed by atoms with van der Waals surface area (Å²) >= 11 is 0. The molecule has 0 aromatic heterocycles. The lowest BCUT2D eigenvalue weighted by atomic mass is 9.98. The van der Waals surface area contributed by atoms with Gasteiger partial charge in [0.15, 0.2) is 6.10 Å². The number of nitrogens with one attached hydrogen (secondary N) is 1. The van der Waals surface area contributed by atoms with Crippen molar-refractivity contribution in [2.45, 2.75) is 57.1 Å². The van der Waals surface area contributed by atoms with Crippen LogP contribution in [0.5, 0.6) is 0 Å². The summed E-state index contributed by atoms with van der Waals surface area (Å²) in [6.07, 6.45) is -0.191. The lowest BCUT2D eigenvalue weighted by molar-refractivity contribution is -0.159. The van der Waals surface area contributed by atoms with Crippen LogP contribution in [0, 0.1) is 5.92 Å². The van der Waals surface area contributed by atoms with Crippen LogP contribution in [-0.2, 0) is 30.9 Å². The summed E-state index contributed by atoms with van der Waals surface area (Å²) in [6.45, 7) is 6.49. The Balaban J connectivity index is 1.49. The van der Waals surface area contributed by atoms with Crippen molar-refractivity contribution in [2.75, 3.05) is 13.1 Å². The van der Waals surface area contributed by atoms with Crippen molar-refractivity contribution in [2.24, 2.45) is 5.92 Å². The minimum atomic E-state index is -3.61. The molecule has 1 saturated heterocycles. The predicted molar refractivity (Wildman–Crippen MR) is 126 cm³/mol. The highest BCUT2D eigenvalue weighted by molar-refractivity contribution is 7.89. The SMILES string of the molecule is CC(OC(=O)C1CCN(S(=O)(=O)c2ccc(C(C)C)cc2)CC1)C(=O)NCc1ccccc1. The number of carbonyl (C=O) groups excluding carboxylic acids is 2. The fourth-order valence-electron chi connectivity index (χ4n) is 3.76. The number of hydrogen-bond acceptors (Lipinski definition) is 5. The van der Waals surface area contributed by atoms with Gasteiger partial charge in [-0.1, -0.05) is 56.3 Å². The van der Waals surface area contributed by atoms with Crippen molar-refractivity contribution in [1.29, 1.82) is 0 Å². The van der Waals surface area contributed by atoms with E-state index in [1.54, 1.807) is 19.1 Å². The molecule has 1 aliphatic heterocycles. The van der Waals surface area contributed by atoms with Crippen LogP contribution in [0.25, 0.3) is 0 Å². The summed E-state index contributed by atoms with van der Waals surface area (Å²) in [4.78, 5) is 25.1. The Bertz CT molecular complexity index is 1040. The number of benzene rings is 2. The number of ether oxygens (including phenoxy) is 1. The highest BCUT2D eigenvalue weighted by Gasteiger charge is 2.34. The molecule has 2 aromatic rings. The Kier molecular flexibility index (Phi) is 8.26. The van der Waals surface area contributed by atoms with Gasteiger partial charge in [-0.05, 0) is 48.9 Å². The van der Waals surface area contributed by atoms with E-state index in [2.05, 4.69) is 19.2 Å². The summed E-state index contributed by atoms with van der Waals surface area (Å²) in [5, 5.41) is 2.76. The molecule has 1 amide bonds. The highest BCUT2D eigenvalue weighted by Crippen LogP contribution is 2.26. The third kappa shape index (κ3) is 6.42. The molecule has 8 heteroatoms. The maximum Gasteiger partial charge on any atom is 0.309 e. The summed E-state index contributed by atoms with van der Waals surface area (Å²) in [5.41, 5.74) is 2.04. The average molecular weight is 473 g/mol.